The Labute approximate surface area is 178 Å². The van der Waals surface area contributed by atoms with E-state index in [0.717, 1.165) is 23.5 Å². The van der Waals surface area contributed by atoms with Gasteiger partial charge in [0.25, 0.3) is 0 Å². The summed E-state index contributed by atoms with van der Waals surface area (Å²) in [5.74, 6) is 1.14. The molecule has 31 heavy (non-hydrogen) atoms. The molecule has 0 saturated heterocycles. The summed E-state index contributed by atoms with van der Waals surface area (Å²) in [6.07, 6.45) is 6.83. The van der Waals surface area contributed by atoms with Gasteiger partial charge in [-0.1, -0.05) is 25.1 Å². The average molecular weight is 420 g/mol. The van der Waals surface area contributed by atoms with E-state index >= 15 is 0 Å². The minimum absolute atomic E-state index is 0.226. The van der Waals surface area contributed by atoms with Crippen molar-refractivity contribution in [2.45, 2.75) is 26.2 Å². The van der Waals surface area contributed by atoms with Crippen molar-refractivity contribution < 1.29 is 14.3 Å². The summed E-state index contributed by atoms with van der Waals surface area (Å²) in [4.78, 5) is 28.0. The number of hydrogen-bond acceptors (Lipinski definition) is 6. The number of nitrogens with one attached hydrogen (secondary N) is 2. The number of carboxylic acid groups (broad SMARTS) is 1. The minimum atomic E-state index is -0.711. The number of hydrogen-bond donors (Lipinski definition) is 4. The molecule has 0 aliphatic heterocycles. The molecular weight excluding hydrogens is 396 g/mol. The van der Waals surface area contributed by atoms with Crippen LogP contribution in [0.5, 0.6) is 0 Å². The fraction of sp³-hybridized carbons (Fsp3) is 0.182. The molecule has 0 unspecified atom stereocenters. The van der Waals surface area contributed by atoms with Gasteiger partial charge in [-0.2, -0.15) is 4.98 Å². The van der Waals surface area contributed by atoms with Gasteiger partial charge in [0, 0.05) is 18.1 Å². The lowest BCUT2D eigenvalue weighted by Gasteiger charge is -1.89. The summed E-state index contributed by atoms with van der Waals surface area (Å²) < 4.78 is 5.24. The summed E-state index contributed by atoms with van der Waals surface area (Å²) >= 11 is 0. The largest absolute Gasteiger partial charge is 0.481 e. The number of rotatable bonds is 4. The van der Waals surface area contributed by atoms with E-state index in [4.69, 9.17) is 15.3 Å². The number of aliphatic carboxylic acids is 1. The molecule has 1 aromatic carbocycles. The molecular formula is C22H24N6O3. The molecule has 4 heterocycles. The van der Waals surface area contributed by atoms with E-state index in [1.54, 1.807) is 12.5 Å². The van der Waals surface area contributed by atoms with Crippen LogP contribution in [0.3, 0.4) is 0 Å². The second-order valence-electron chi connectivity index (χ2n) is 6.61. The molecule has 9 heteroatoms. The number of nitrogens with two attached hydrogens (primary N) is 1. The standard InChI is InChI=1S/C10H9N5O.C8H7N.C4H8O2/c11-10-12-5-7-9(15-10)14-8(13-7)4-6-2-1-3-16-6;1-2-4-8-7(3-1)5-6-9-8;1-2-3-4(5)6/h1-3,5H,4H2,(H3,11,12,13,14,15);1-6,9H;2-3H2,1H3,(H,5,6). The highest BCUT2D eigenvalue weighted by Crippen LogP contribution is 2.12. The third kappa shape index (κ3) is 6.43. The number of nitrogen functional groups attached to an aromatic ring is 1. The fourth-order valence-electron chi connectivity index (χ4n) is 2.74. The summed E-state index contributed by atoms with van der Waals surface area (Å²) in [5, 5.41) is 9.19. The van der Waals surface area contributed by atoms with Crippen molar-refractivity contribution in [1.82, 2.24) is 24.9 Å². The van der Waals surface area contributed by atoms with Crippen LogP contribution in [0.25, 0.3) is 22.1 Å². The third-order valence-corrected chi connectivity index (χ3v) is 4.16. The maximum absolute atomic E-state index is 9.60. The Morgan fingerprint density at radius 1 is 1.13 bits per heavy atom. The number of para-hydroxylation sites is 1. The van der Waals surface area contributed by atoms with E-state index in [2.05, 4.69) is 43.1 Å². The van der Waals surface area contributed by atoms with Gasteiger partial charge in [0.15, 0.2) is 5.65 Å². The first kappa shape index (κ1) is 21.6. The zero-order chi connectivity index (χ0) is 22.1. The van der Waals surface area contributed by atoms with Gasteiger partial charge in [-0.05, 0) is 36.1 Å². The van der Waals surface area contributed by atoms with Gasteiger partial charge in [0.2, 0.25) is 5.95 Å². The van der Waals surface area contributed by atoms with Gasteiger partial charge in [0.05, 0.1) is 18.9 Å². The van der Waals surface area contributed by atoms with Crippen LogP contribution in [0.2, 0.25) is 0 Å². The van der Waals surface area contributed by atoms with E-state index in [0.29, 0.717) is 18.5 Å². The molecule has 160 valence electrons. The number of aromatic amines is 2. The van der Waals surface area contributed by atoms with Crippen molar-refractivity contribution in [3.05, 3.63) is 72.7 Å². The zero-order valence-electron chi connectivity index (χ0n) is 17.1. The summed E-state index contributed by atoms with van der Waals surface area (Å²) in [5.41, 5.74) is 8.03. The Balaban J connectivity index is 0.000000153. The Hall–Kier alpha value is -4.14. The maximum Gasteiger partial charge on any atom is 0.303 e. The van der Waals surface area contributed by atoms with Crippen molar-refractivity contribution in [3.8, 4) is 0 Å². The van der Waals surface area contributed by atoms with Crippen molar-refractivity contribution >= 4 is 34.0 Å². The topological polar surface area (TPSA) is 147 Å². The summed E-state index contributed by atoms with van der Waals surface area (Å²) in [7, 11) is 0. The number of carbonyl (C=O) groups is 1. The average Bonchev–Trinajstić information content (AvgIpc) is 3.49. The number of anilines is 1. The quantitative estimate of drug-likeness (QED) is 0.341. The summed E-state index contributed by atoms with van der Waals surface area (Å²) in [6, 6.07) is 14.0. The number of imidazole rings is 1. The number of aromatic nitrogens is 5. The van der Waals surface area contributed by atoms with E-state index in [9.17, 15) is 4.79 Å². The number of furan rings is 1. The van der Waals surface area contributed by atoms with Crippen LogP contribution in [-0.2, 0) is 11.2 Å². The molecule has 5 rings (SSSR count). The SMILES string of the molecule is CCCC(=O)O.Nc1ncc2[nH]c(Cc3ccco3)nc2n1.c1ccc2[nH]ccc2c1. The molecule has 0 aliphatic carbocycles. The van der Waals surface area contributed by atoms with Crippen LogP contribution < -0.4 is 5.73 Å². The molecule has 9 nitrogen and oxygen atoms in total. The zero-order valence-corrected chi connectivity index (χ0v) is 17.1. The van der Waals surface area contributed by atoms with Crippen molar-refractivity contribution in [3.63, 3.8) is 0 Å². The van der Waals surface area contributed by atoms with Gasteiger partial charge >= 0.3 is 5.97 Å². The van der Waals surface area contributed by atoms with Crippen LogP contribution in [0.15, 0.2) is 65.5 Å². The molecule has 0 bridgehead atoms. The number of carboxylic acids is 1. The van der Waals surface area contributed by atoms with Gasteiger partial charge in [-0.25, -0.2) is 9.97 Å². The van der Waals surface area contributed by atoms with Crippen LogP contribution in [-0.4, -0.2) is 36.0 Å². The Bertz CT molecular complexity index is 1200. The lowest BCUT2D eigenvalue weighted by Crippen LogP contribution is -1.93. The monoisotopic (exact) mass is 420 g/mol. The Morgan fingerprint density at radius 2 is 1.97 bits per heavy atom. The van der Waals surface area contributed by atoms with Crippen molar-refractivity contribution in [2.75, 3.05) is 5.73 Å². The fourth-order valence-corrected chi connectivity index (χ4v) is 2.74. The van der Waals surface area contributed by atoms with Gasteiger partial charge in [-0.15, -0.1) is 0 Å². The molecule has 0 saturated carbocycles. The molecule has 0 amide bonds. The lowest BCUT2D eigenvalue weighted by atomic mass is 10.3. The predicted octanol–water partition coefficient (Wildman–Crippen LogP) is 4.16. The highest BCUT2D eigenvalue weighted by atomic mass is 16.4. The molecule has 0 aliphatic rings. The molecule has 5 aromatic rings. The van der Waals surface area contributed by atoms with Crippen LogP contribution in [0, 0.1) is 0 Å². The summed E-state index contributed by atoms with van der Waals surface area (Å²) in [6.45, 7) is 1.84. The number of nitrogens with zero attached hydrogens (tertiary/aromatic N) is 3. The van der Waals surface area contributed by atoms with Crippen molar-refractivity contribution in [1.29, 1.82) is 0 Å². The Kier molecular flexibility index (Phi) is 7.36. The van der Waals surface area contributed by atoms with E-state index in [1.807, 2.05) is 37.4 Å². The molecule has 0 spiro atoms. The smallest absolute Gasteiger partial charge is 0.303 e. The predicted molar refractivity (Wildman–Crippen MR) is 118 cm³/mol. The first-order valence-corrected chi connectivity index (χ1v) is 9.78. The second kappa shape index (κ2) is 10.6. The first-order valence-electron chi connectivity index (χ1n) is 9.78. The molecule has 4 aromatic heterocycles. The third-order valence-electron chi connectivity index (χ3n) is 4.16. The molecule has 0 atom stereocenters. The number of fused-ring (bicyclic) bond motifs is 2. The van der Waals surface area contributed by atoms with Gasteiger partial charge in [0.1, 0.15) is 17.1 Å². The van der Waals surface area contributed by atoms with Gasteiger partial charge in [-0.3, -0.25) is 4.79 Å². The highest BCUT2D eigenvalue weighted by molar-refractivity contribution is 5.78. The van der Waals surface area contributed by atoms with E-state index in [-0.39, 0.29) is 5.95 Å². The maximum atomic E-state index is 9.60. The van der Waals surface area contributed by atoms with Crippen LogP contribution >= 0.6 is 0 Å². The Morgan fingerprint density at radius 3 is 2.65 bits per heavy atom. The number of benzene rings is 1. The minimum Gasteiger partial charge on any atom is -0.481 e. The molecule has 0 radical (unpaired) electrons. The molecule has 0 fully saturated rings. The number of H-pyrrole nitrogens is 2. The first-order chi connectivity index (χ1) is 15.0. The van der Waals surface area contributed by atoms with E-state index in [1.165, 1.54) is 10.9 Å². The van der Waals surface area contributed by atoms with Crippen LogP contribution in [0.1, 0.15) is 31.4 Å². The normalized spacial score (nSPS) is 10.2. The lowest BCUT2D eigenvalue weighted by molar-refractivity contribution is -0.137. The second-order valence-corrected chi connectivity index (χ2v) is 6.61. The van der Waals surface area contributed by atoms with Crippen molar-refractivity contribution in [2.24, 2.45) is 0 Å². The molecule has 5 N–H and O–H groups in total. The highest BCUT2D eigenvalue weighted by Gasteiger charge is 2.06. The van der Waals surface area contributed by atoms with Crippen LogP contribution in [0.4, 0.5) is 5.95 Å². The van der Waals surface area contributed by atoms with Gasteiger partial charge < -0.3 is 25.2 Å². The van der Waals surface area contributed by atoms with E-state index < -0.39 is 5.97 Å².